The van der Waals surface area contributed by atoms with E-state index in [1.807, 2.05) is 0 Å². The van der Waals surface area contributed by atoms with Gasteiger partial charge in [0, 0.05) is 10.6 Å². The molecule has 146 valence electrons. The van der Waals surface area contributed by atoms with Crippen molar-refractivity contribution in [3.05, 3.63) is 100 Å². The predicted molar refractivity (Wildman–Crippen MR) is 104 cm³/mol. The van der Waals surface area contributed by atoms with Crippen molar-refractivity contribution in [1.82, 2.24) is 4.90 Å². The van der Waals surface area contributed by atoms with Crippen molar-refractivity contribution in [3.8, 4) is 0 Å². The maximum atomic E-state index is 13.5. The number of likely N-dealkylation sites (tertiary alicyclic amines) is 1. The Balaban J connectivity index is 1.86. The molecule has 2 heterocycles. The number of carbonyl (C=O) groups excluding carboxylic acids is 2. The van der Waals surface area contributed by atoms with Crippen LogP contribution in [0, 0.1) is 5.82 Å². The van der Waals surface area contributed by atoms with Gasteiger partial charge in [-0.2, -0.15) is 0 Å². The van der Waals surface area contributed by atoms with E-state index in [1.54, 1.807) is 36.4 Å². The molecule has 1 atom stereocenters. The van der Waals surface area contributed by atoms with E-state index in [4.69, 9.17) is 16.0 Å². The Hall–Kier alpha value is -3.38. The largest absolute Gasteiger partial charge is 0.507 e. The minimum atomic E-state index is -0.892. The minimum absolute atomic E-state index is 0.0248. The van der Waals surface area contributed by atoms with Crippen LogP contribution >= 0.6 is 11.6 Å². The average molecular weight is 412 g/mol. The van der Waals surface area contributed by atoms with Crippen molar-refractivity contribution in [2.45, 2.75) is 12.6 Å². The molecule has 1 fully saturated rings. The van der Waals surface area contributed by atoms with Gasteiger partial charge in [0.2, 0.25) is 0 Å². The van der Waals surface area contributed by atoms with Gasteiger partial charge in [-0.15, -0.1) is 0 Å². The van der Waals surface area contributed by atoms with Crippen LogP contribution in [0.2, 0.25) is 5.02 Å². The van der Waals surface area contributed by atoms with E-state index in [0.29, 0.717) is 21.9 Å². The van der Waals surface area contributed by atoms with E-state index < -0.39 is 23.5 Å². The summed E-state index contributed by atoms with van der Waals surface area (Å²) in [6, 6.07) is 14.2. The van der Waals surface area contributed by atoms with Crippen molar-refractivity contribution in [1.29, 1.82) is 0 Å². The zero-order valence-electron chi connectivity index (χ0n) is 15.0. The van der Waals surface area contributed by atoms with Crippen LogP contribution in [0.25, 0.3) is 5.76 Å². The molecule has 0 unspecified atom stereocenters. The number of Topliss-reactive ketones (excluding diaryl/α,β-unsaturated/α-hetero) is 1. The lowest BCUT2D eigenvalue weighted by Crippen LogP contribution is -2.29. The van der Waals surface area contributed by atoms with Crippen LogP contribution in [0.15, 0.2) is 76.9 Å². The van der Waals surface area contributed by atoms with Crippen LogP contribution in [0.5, 0.6) is 0 Å². The van der Waals surface area contributed by atoms with Crippen LogP contribution in [0.3, 0.4) is 0 Å². The van der Waals surface area contributed by atoms with Crippen molar-refractivity contribution >= 4 is 29.1 Å². The number of rotatable bonds is 4. The molecule has 1 amide bonds. The van der Waals surface area contributed by atoms with Gasteiger partial charge in [-0.1, -0.05) is 23.7 Å². The molecule has 1 saturated heterocycles. The first-order valence-corrected chi connectivity index (χ1v) is 9.15. The lowest BCUT2D eigenvalue weighted by molar-refractivity contribution is -0.140. The van der Waals surface area contributed by atoms with Crippen molar-refractivity contribution in [3.63, 3.8) is 0 Å². The number of aliphatic hydroxyl groups is 1. The Morgan fingerprint density at radius 1 is 1.07 bits per heavy atom. The number of halogens is 2. The molecule has 3 aromatic rings. The highest BCUT2D eigenvalue weighted by Gasteiger charge is 2.46. The second-order valence-electron chi connectivity index (χ2n) is 6.56. The molecular weight excluding hydrogens is 397 g/mol. The maximum absolute atomic E-state index is 13.5. The number of aliphatic hydroxyl groups excluding tert-OH is 1. The summed E-state index contributed by atoms with van der Waals surface area (Å²) in [6.07, 6.45) is 1.46. The smallest absolute Gasteiger partial charge is 0.296 e. The number of amides is 1. The van der Waals surface area contributed by atoms with Crippen molar-refractivity contribution in [2.75, 3.05) is 0 Å². The topological polar surface area (TPSA) is 70.8 Å². The van der Waals surface area contributed by atoms with E-state index >= 15 is 0 Å². The lowest BCUT2D eigenvalue weighted by Gasteiger charge is -2.24. The summed E-state index contributed by atoms with van der Waals surface area (Å²) in [5, 5.41) is 11.3. The number of hydrogen-bond acceptors (Lipinski definition) is 4. The van der Waals surface area contributed by atoms with E-state index in [-0.39, 0.29) is 17.9 Å². The molecule has 4 rings (SSSR count). The normalized spacial score (nSPS) is 18.4. The number of benzene rings is 2. The molecule has 5 nitrogen and oxygen atoms in total. The molecule has 1 aliphatic heterocycles. The fourth-order valence-corrected chi connectivity index (χ4v) is 3.49. The van der Waals surface area contributed by atoms with E-state index in [2.05, 4.69) is 0 Å². The van der Waals surface area contributed by atoms with Crippen LogP contribution < -0.4 is 0 Å². The third-order valence-corrected chi connectivity index (χ3v) is 5.00. The highest BCUT2D eigenvalue weighted by molar-refractivity contribution is 6.46. The Morgan fingerprint density at radius 2 is 1.76 bits per heavy atom. The van der Waals surface area contributed by atoms with Gasteiger partial charge in [0.05, 0.1) is 24.4 Å². The molecule has 0 aliphatic carbocycles. The fraction of sp³-hybridized carbons (Fsp3) is 0.0909. The van der Waals surface area contributed by atoms with Gasteiger partial charge in [0.1, 0.15) is 17.3 Å². The molecule has 1 N–H and O–H groups in total. The van der Waals surface area contributed by atoms with Gasteiger partial charge in [-0.3, -0.25) is 9.59 Å². The van der Waals surface area contributed by atoms with E-state index in [9.17, 15) is 19.1 Å². The number of carbonyl (C=O) groups is 2. The van der Waals surface area contributed by atoms with Gasteiger partial charge in [-0.25, -0.2) is 4.39 Å². The lowest BCUT2D eigenvalue weighted by atomic mass is 9.95. The van der Waals surface area contributed by atoms with Gasteiger partial charge in [0.25, 0.3) is 11.7 Å². The Morgan fingerprint density at radius 3 is 2.38 bits per heavy atom. The molecule has 29 heavy (non-hydrogen) atoms. The Bertz CT molecular complexity index is 1090. The first kappa shape index (κ1) is 19.0. The van der Waals surface area contributed by atoms with Crippen molar-refractivity contribution in [2.24, 2.45) is 0 Å². The van der Waals surface area contributed by atoms with E-state index in [1.165, 1.54) is 35.4 Å². The molecule has 0 spiro atoms. The second-order valence-corrected chi connectivity index (χ2v) is 7.00. The Labute approximate surface area is 170 Å². The SMILES string of the molecule is O=C1C(=O)N(Cc2ccco2)[C@H](c2ccc(F)cc2)C1=C(O)c1ccc(Cl)cc1. The van der Waals surface area contributed by atoms with Crippen LogP contribution in [0.4, 0.5) is 4.39 Å². The van der Waals surface area contributed by atoms with Crippen LogP contribution in [-0.4, -0.2) is 21.7 Å². The van der Waals surface area contributed by atoms with Gasteiger partial charge < -0.3 is 14.4 Å². The maximum Gasteiger partial charge on any atom is 0.296 e. The number of nitrogens with zero attached hydrogens (tertiary/aromatic N) is 1. The zero-order valence-corrected chi connectivity index (χ0v) is 15.8. The minimum Gasteiger partial charge on any atom is -0.507 e. The average Bonchev–Trinajstić information content (AvgIpc) is 3.31. The molecule has 0 bridgehead atoms. The molecule has 1 aliphatic rings. The van der Waals surface area contributed by atoms with Gasteiger partial charge in [-0.05, 0) is 54.1 Å². The first-order chi connectivity index (χ1) is 14.0. The number of ketones is 1. The highest BCUT2D eigenvalue weighted by atomic mass is 35.5. The molecule has 2 aromatic carbocycles. The summed E-state index contributed by atoms with van der Waals surface area (Å²) < 4.78 is 18.8. The molecule has 0 saturated carbocycles. The standard InChI is InChI=1S/C22H15ClFNO4/c23-15-7-3-14(4-8-15)20(26)18-19(13-5-9-16(24)10-6-13)25(22(28)21(18)27)12-17-2-1-11-29-17/h1-11,19,26H,12H2/t19-/m1/s1. The zero-order chi connectivity index (χ0) is 20.5. The second kappa shape index (κ2) is 7.56. The fourth-order valence-electron chi connectivity index (χ4n) is 3.37. The first-order valence-electron chi connectivity index (χ1n) is 8.78. The summed E-state index contributed by atoms with van der Waals surface area (Å²) in [5.74, 6) is -1.89. The number of furan rings is 1. The monoisotopic (exact) mass is 411 g/mol. The summed E-state index contributed by atoms with van der Waals surface area (Å²) in [5.41, 5.74) is 0.765. The molecule has 7 heteroatoms. The summed E-state index contributed by atoms with van der Waals surface area (Å²) >= 11 is 5.90. The van der Waals surface area contributed by atoms with Crippen LogP contribution in [-0.2, 0) is 16.1 Å². The molecule has 1 aromatic heterocycles. The van der Waals surface area contributed by atoms with E-state index in [0.717, 1.165) is 0 Å². The predicted octanol–water partition coefficient (Wildman–Crippen LogP) is 4.69. The number of hydrogen-bond donors (Lipinski definition) is 1. The summed E-state index contributed by atoms with van der Waals surface area (Å²) in [6.45, 7) is 0.0248. The summed E-state index contributed by atoms with van der Waals surface area (Å²) in [7, 11) is 0. The molecule has 0 radical (unpaired) electrons. The van der Waals surface area contributed by atoms with Gasteiger partial charge >= 0.3 is 0 Å². The van der Waals surface area contributed by atoms with Gasteiger partial charge in [0.15, 0.2) is 0 Å². The third kappa shape index (κ3) is 3.54. The van der Waals surface area contributed by atoms with Crippen molar-refractivity contribution < 1.29 is 23.5 Å². The third-order valence-electron chi connectivity index (χ3n) is 4.75. The summed E-state index contributed by atoms with van der Waals surface area (Å²) in [4.78, 5) is 26.9. The van der Waals surface area contributed by atoms with Crippen LogP contribution in [0.1, 0.15) is 22.9 Å². The quantitative estimate of drug-likeness (QED) is 0.384. The highest BCUT2D eigenvalue weighted by Crippen LogP contribution is 2.40. The Kier molecular flexibility index (Phi) is 4.94. The molecular formula is C22H15ClFNO4.